The predicted octanol–water partition coefficient (Wildman–Crippen LogP) is 0.987. The molecule has 5 heteroatoms. The summed E-state index contributed by atoms with van der Waals surface area (Å²) in [6.07, 6.45) is 4.39. The molecule has 0 bridgehead atoms. The maximum atomic E-state index is 11.1. The zero-order chi connectivity index (χ0) is 11.3. The maximum absolute atomic E-state index is 11.1. The Hall–Kier alpha value is -2.04. The van der Waals surface area contributed by atoms with Crippen LogP contribution in [0.25, 0.3) is 6.08 Å². The van der Waals surface area contributed by atoms with E-state index in [1.165, 1.54) is 26.4 Å². The van der Waals surface area contributed by atoms with Gasteiger partial charge in [0.05, 0.1) is 14.2 Å². The molecule has 0 saturated heterocycles. The minimum atomic E-state index is -0.451. The van der Waals surface area contributed by atoms with Crippen LogP contribution in [0.2, 0.25) is 0 Å². The number of nitrogens with one attached hydrogen (secondary N) is 1. The molecule has 80 valence electrons. The highest BCUT2D eigenvalue weighted by molar-refractivity contribution is 5.90. The average Bonchev–Trinajstić information content (AvgIpc) is 2.73. The number of esters is 2. The summed E-state index contributed by atoms with van der Waals surface area (Å²) in [6.45, 7) is 0. The molecule has 0 atom stereocenters. The highest BCUT2D eigenvalue weighted by atomic mass is 16.5. The summed E-state index contributed by atoms with van der Waals surface area (Å²) in [7, 11) is 2.59. The van der Waals surface area contributed by atoms with Gasteiger partial charge in [0, 0.05) is 12.3 Å². The molecule has 0 unspecified atom stereocenters. The molecule has 0 aliphatic carbocycles. The molecule has 1 N–H and O–H groups in total. The number of hydrogen-bond acceptors (Lipinski definition) is 4. The van der Waals surface area contributed by atoms with E-state index in [2.05, 4.69) is 14.5 Å². The van der Waals surface area contributed by atoms with E-state index in [9.17, 15) is 9.59 Å². The van der Waals surface area contributed by atoms with Crippen LogP contribution < -0.4 is 0 Å². The Balaban J connectivity index is 2.72. The lowest BCUT2D eigenvalue weighted by atomic mass is 10.3. The zero-order valence-electron chi connectivity index (χ0n) is 8.44. The SMILES string of the molecule is COC(=O)/C=C/c1c[nH]c(C(=O)OC)c1. The van der Waals surface area contributed by atoms with Crippen LogP contribution in [0.5, 0.6) is 0 Å². The summed E-state index contributed by atoms with van der Waals surface area (Å²) in [6, 6.07) is 1.57. The molecule has 0 aromatic carbocycles. The van der Waals surface area contributed by atoms with Gasteiger partial charge < -0.3 is 14.5 Å². The lowest BCUT2D eigenvalue weighted by molar-refractivity contribution is -0.134. The van der Waals surface area contributed by atoms with Gasteiger partial charge >= 0.3 is 11.9 Å². The van der Waals surface area contributed by atoms with Crippen LogP contribution in [0.1, 0.15) is 16.1 Å². The van der Waals surface area contributed by atoms with Gasteiger partial charge in [-0.3, -0.25) is 0 Å². The predicted molar refractivity (Wildman–Crippen MR) is 53.2 cm³/mol. The average molecular weight is 209 g/mol. The van der Waals surface area contributed by atoms with Gasteiger partial charge in [-0.1, -0.05) is 0 Å². The lowest BCUT2D eigenvalue weighted by Crippen LogP contribution is -2.00. The summed E-state index contributed by atoms with van der Waals surface area (Å²) in [5.74, 6) is -0.900. The van der Waals surface area contributed by atoms with Crippen molar-refractivity contribution in [1.29, 1.82) is 0 Å². The first kappa shape index (κ1) is 11.0. The third-order valence-electron chi connectivity index (χ3n) is 1.72. The molecule has 15 heavy (non-hydrogen) atoms. The number of methoxy groups -OCH3 is 2. The molecule has 0 aliphatic heterocycles. The first-order valence-electron chi connectivity index (χ1n) is 4.20. The number of aromatic nitrogens is 1. The fraction of sp³-hybridized carbons (Fsp3) is 0.200. The first-order chi connectivity index (χ1) is 7.17. The molecule has 1 aromatic rings. The van der Waals surface area contributed by atoms with E-state index in [0.717, 1.165) is 0 Å². The minimum Gasteiger partial charge on any atom is -0.466 e. The van der Waals surface area contributed by atoms with Crippen molar-refractivity contribution in [2.75, 3.05) is 14.2 Å². The monoisotopic (exact) mass is 209 g/mol. The molecule has 1 aromatic heterocycles. The van der Waals surface area contributed by atoms with E-state index in [0.29, 0.717) is 11.3 Å². The van der Waals surface area contributed by atoms with Gasteiger partial charge in [0.2, 0.25) is 0 Å². The smallest absolute Gasteiger partial charge is 0.354 e. The summed E-state index contributed by atoms with van der Waals surface area (Å²) in [4.78, 5) is 24.5. The van der Waals surface area contributed by atoms with Crippen molar-refractivity contribution >= 4 is 18.0 Å². The molecule has 0 fully saturated rings. The van der Waals surface area contributed by atoms with Crippen LogP contribution in [0, 0.1) is 0 Å². The number of H-pyrrole nitrogens is 1. The van der Waals surface area contributed by atoms with Gasteiger partial charge in [-0.25, -0.2) is 9.59 Å². The Morgan fingerprint density at radius 1 is 1.33 bits per heavy atom. The second kappa shape index (κ2) is 4.99. The molecule has 0 amide bonds. The van der Waals surface area contributed by atoms with Crippen molar-refractivity contribution < 1.29 is 19.1 Å². The molecule has 0 spiro atoms. The van der Waals surface area contributed by atoms with Gasteiger partial charge in [-0.15, -0.1) is 0 Å². The number of rotatable bonds is 3. The van der Waals surface area contributed by atoms with Crippen LogP contribution in [0.3, 0.4) is 0 Å². The molecule has 5 nitrogen and oxygen atoms in total. The number of carbonyl (C=O) groups excluding carboxylic acids is 2. The quantitative estimate of drug-likeness (QED) is 0.595. The molecular weight excluding hydrogens is 198 g/mol. The van der Waals surface area contributed by atoms with Crippen LogP contribution in [0.4, 0.5) is 0 Å². The van der Waals surface area contributed by atoms with E-state index in [1.807, 2.05) is 0 Å². The van der Waals surface area contributed by atoms with E-state index < -0.39 is 11.9 Å². The fourth-order valence-corrected chi connectivity index (χ4v) is 0.967. The Morgan fingerprint density at radius 2 is 2.07 bits per heavy atom. The van der Waals surface area contributed by atoms with Crippen molar-refractivity contribution in [3.05, 3.63) is 29.6 Å². The number of carbonyl (C=O) groups is 2. The molecule has 1 heterocycles. The molecule has 1 rings (SSSR count). The minimum absolute atomic E-state index is 0.335. The van der Waals surface area contributed by atoms with Gasteiger partial charge in [-0.05, 0) is 17.7 Å². The molecule has 0 saturated carbocycles. The standard InChI is InChI=1S/C10H11NO4/c1-14-9(12)4-3-7-5-8(11-6-7)10(13)15-2/h3-6,11H,1-2H3/b4-3+. The van der Waals surface area contributed by atoms with Crippen LogP contribution in [-0.2, 0) is 14.3 Å². The van der Waals surface area contributed by atoms with Crippen molar-refractivity contribution in [3.63, 3.8) is 0 Å². The second-order valence-corrected chi connectivity index (χ2v) is 2.69. The number of hydrogen-bond donors (Lipinski definition) is 1. The first-order valence-corrected chi connectivity index (χ1v) is 4.20. The number of ether oxygens (including phenoxy) is 2. The third kappa shape index (κ3) is 2.98. The topological polar surface area (TPSA) is 68.4 Å². The summed E-state index contributed by atoms with van der Waals surface area (Å²) >= 11 is 0. The summed E-state index contributed by atoms with van der Waals surface area (Å²) < 4.78 is 8.93. The van der Waals surface area contributed by atoms with Gasteiger partial charge in [0.1, 0.15) is 5.69 Å². The Bertz CT molecular complexity index is 392. The highest BCUT2D eigenvalue weighted by Crippen LogP contribution is 2.06. The summed E-state index contributed by atoms with van der Waals surface area (Å²) in [5, 5.41) is 0. The second-order valence-electron chi connectivity index (χ2n) is 2.69. The van der Waals surface area contributed by atoms with Gasteiger partial charge in [0.25, 0.3) is 0 Å². The van der Waals surface area contributed by atoms with Crippen molar-refractivity contribution in [1.82, 2.24) is 4.98 Å². The van der Waals surface area contributed by atoms with Gasteiger partial charge in [-0.2, -0.15) is 0 Å². The van der Waals surface area contributed by atoms with Crippen molar-refractivity contribution in [3.8, 4) is 0 Å². The van der Waals surface area contributed by atoms with Gasteiger partial charge in [0.15, 0.2) is 0 Å². The van der Waals surface area contributed by atoms with Crippen molar-refractivity contribution in [2.24, 2.45) is 0 Å². The summed E-state index contributed by atoms with van der Waals surface area (Å²) in [5.41, 5.74) is 1.03. The van der Waals surface area contributed by atoms with E-state index >= 15 is 0 Å². The Morgan fingerprint density at radius 3 is 2.67 bits per heavy atom. The lowest BCUT2D eigenvalue weighted by Gasteiger charge is -1.91. The van der Waals surface area contributed by atoms with Crippen LogP contribution >= 0.6 is 0 Å². The molecule has 0 radical (unpaired) electrons. The fourth-order valence-electron chi connectivity index (χ4n) is 0.967. The normalized spacial score (nSPS) is 10.3. The van der Waals surface area contributed by atoms with Crippen molar-refractivity contribution in [2.45, 2.75) is 0 Å². The Kier molecular flexibility index (Phi) is 3.68. The molecule has 0 aliphatic rings. The molecular formula is C10H11NO4. The largest absolute Gasteiger partial charge is 0.466 e. The van der Waals surface area contributed by atoms with E-state index in [-0.39, 0.29) is 0 Å². The zero-order valence-corrected chi connectivity index (χ0v) is 8.44. The number of aromatic amines is 1. The maximum Gasteiger partial charge on any atom is 0.354 e. The third-order valence-corrected chi connectivity index (χ3v) is 1.72. The van der Waals surface area contributed by atoms with E-state index in [1.54, 1.807) is 12.3 Å². The Labute approximate surface area is 86.7 Å². The van der Waals surface area contributed by atoms with E-state index in [4.69, 9.17) is 0 Å². The van der Waals surface area contributed by atoms with Crippen LogP contribution in [0.15, 0.2) is 18.3 Å². The van der Waals surface area contributed by atoms with Crippen LogP contribution in [-0.4, -0.2) is 31.1 Å². The highest BCUT2D eigenvalue weighted by Gasteiger charge is 2.06.